The van der Waals surface area contributed by atoms with Crippen LogP contribution in [0.3, 0.4) is 0 Å². The van der Waals surface area contributed by atoms with Gasteiger partial charge in [0, 0.05) is 0 Å². The van der Waals surface area contributed by atoms with Crippen LogP contribution in [0.1, 0.15) is 97.2 Å². The number of halogens is 1. The van der Waals surface area contributed by atoms with Crippen LogP contribution in [0.4, 0.5) is 4.39 Å². The minimum Gasteiger partial charge on any atom is -0.364 e. The van der Waals surface area contributed by atoms with Gasteiger partial charge < -0.3 is 19.7 Å². The lowest BCUT2D eigenvalue weighted by Gasteiger charge is -2.29. The molecule has 1 unspecified atom stereocenters. The highest BCUT2D eigenvalue weighted by Gasteiger charge is 2.30. The van der Waals surface area contributed by atoms with Crippen LogP contribution in [0.15, 0.2) is 22.9 Å². The van der Waals surface area contributed by atoms with Crippen LogP contribution >= 0.6 is 0 Å². The molecule has 0 spiro atoms. The Balaban J connectivity index is 1.47. The molecule has 7 nitrogen and oxygen atoms in total. The minimum atomic E-state index is -0.325. The van der Waals surface area contributed by atoms with Crippen molar-refractivity contribution in [1.29, 1.82) is 0 Å². The van der Waals surface area contributed by atoms with Crippen LogP contribution in [0.2, 0.25) is 0 Å². The molecule has 1 aromatic carbocycles. The van der Waals surface area contributed by atoms with E-state index >= 15 is 4.39 Å². The molecule has 188 valence electrons. The van der Waals surface area contributed by atoms with Crippen molar-refractivity contribution in [3.8, 4) is 0 Å². The van der Waals surface area contributed by atoms with Crippen LogP contribution in [-0.2, 0) is 0 Å². The van der Waals surface area contributed by atoms with Crippen molar-refractivity contribution in [1.82, 2.24) is 25.3 Å². The van der Waals surface area contributed by atoms with Gasteiger partial charge in [-0.25, -0.2) is 9.37 Å². The number of aromatic amines is 1. The Morgan fingerprint density at radius 2 is 1.86 bits per heavy atom. The largest absolute Gasteiger partial charge is 0.364 e. The summed E-state index contributed by atoms with van der Waals surface area (Å²) in [5, 5.41) is 7.05. The third-order valence-corrected chi connectivity index (χ3v) is 8.00. The molecule has 1 atom stereocenters. The van der Waals surface area contributed by atoms with Crippen LogP contribution in [0.25, 0.3) is 11.0 Å². The number of imidazole rings is 1. The maximum Gasteiger partial charge on any atom is 0.257 e. The summed E-state index contributed by atoms with van der Waals surface area (Å²) in [6.45, 7) is 3.71. The average Bonchev–Trinajstić information content (AvgIpc) is 3.45. The highest BCUT2D eigenvalue weighted by atomic mass is 19.1. The fraction of sp³-hybridized carbons (Fsp3) is 0.593. The normalized spacial score (nSPS) is 20.0. The molecule has 1 aliphatic heterocycles. The quantitative estimate of drug-likeness (QED) is 0.493. The Morgan fingerprint density at radius 3 is 2.54 bits per heavy atom. The number of nitrogens with one attached hydrogen (secondary N) is 2. The molecular formula is C27H36FN5O2. The summed E-state index contributed by atoms with van der Waals surface area (Å²) in [7, 11) is 2.11. The molecule has 2 aliphatic rings. The van der Waals surface area contributed by atoms with E-state index in [-0.39, 0.29) is 29.6 Å². The topological polar surface area (TPSA) is 87.1 Å². The van der Waals surface area contributed by atoms with Gasteiger partial charge in [0.05, 0.1) is 17.3 Å². The van der Waals surface area contributed by atoms with E-state index in [1.807, 2.05) is 12.1 Å². The Kier molecular flexibility index (Phi) is 7.18. The van der Waals surface area contributed by atoms with Gasteiger partial charge in [0.2, 0.25) is 0 Å². The number of H-pyrrole nitrogens is 1. The summed E-state index contributed by atoms with van der Waals surface area (Å²) in [6, 6.07) is 3.54. The zero-order chi connectivity index (χ0) is 24.4. The molecule has 1 saturated heterocycles. The summed E-state index contributed by atoms with van der Waals surface area (Å²) in [4.78, 5) is 23.6. The maximum absolute atomic E-state index is 15.7. The van der Waals surface area contributed by atoms with Crippen LogP contribution < -0.4 is 5.32 Å². The van der Waals surface area contributed by atoms with Gasteiger partial charge in [0.25, 0.3) is 5.91 Å². The predicted octanol–water partition coefficient (Wildman–Crippen LogP) is 5.64. The fourth-order valence-corrected chi connectivity index (χ4v) is 5.82. The number of hydrogen-bond donors (Lipinski definition) is 2. The van der Waals surface area contributed by atoms with Gasteiger partial charge in [-0.3, -0.25) is 4.79 Å². The Labute approximate surface area is 205 Å². The number of fused-ring (bicyclic) bond motifs is 1. The first-order valence-corrected chi connectivity index (χ1v) is 13.1. The first-order valence-electron chi connectivity index (χ1n) is 13.1. The van der Waals surface area contributed by atoms with Gasteiger partial charge in [-0.05, 0) is 76.2 Å². The summed E-state index contributed by atoms with van der Waals surface area (Å²) in [6.07, 6.45) is 11.2. The van der Waals surface area contributed by atoms with Crippen molar-refractivity contribution in [2.75, 3.05) is 20.1 Å². The maximum atomic E-state index is 15.7. The second kappa shape index (κ2) is 10.5. The first-order chi connectivity index (χ1) is 17.0. The predicted molar refractivity (Wildman–Crippen MR) is 133 cm³/mol. The molecule has 1 amide bonds. The number of aryl methyl sites for hydroxylation is 1. The van der Waals surface area contributed by atoms with Crippen molar-refractivity contribution in [3.05, 3.63) is 46.9 Å². The number of benzene rings is 1. The number of aromatic nitrogens is 3. The SMILES string of the molecule is Cc1nocc1C(=O)NC(c1nc2c(F)c(C3CCN(C)CC3)ccc2[nH]1)C1CCCCCCC1. The molecule has 2 aromatic heterocycles. The number of likely N-dealkylation sites (tertiary alicyclic amines) is 1. The minimum absolute atomic E-state index is 0.216. The van der Waals surface area contributed by atoms with Gasteiger partial charge in [-0.1, -0.05) is 43.3 Å². The molecule has 0 bridgehead atoms. The summed E-state index contributed by atoms with van der Waals surface area (Å²) >= 11 is 0. The van der Waals surface area contributed by atoms with Crippen molar-refractivity contribution < 1.29 is 13.7 Å². The van der Waals surface area contributed by atoms with E-state index in [2.05, 4.69) is 27.4 Å². The smallest absolute Gasteiger partial charge is 0.257 e. The van der Waals surface area contributed by atoms with Gasteiger partial charge in [-0.2, -0.15) is 0 Å². The number of carbonyl (C=O) groups is 1. The van der Waals surface area contributed by atoms with Gasteiger partial charge in [0.1, 0.15) is 23.2 Å². The number of rotatable bonds is 5. The molecule has 3 heterocycles. The van der Waals surface area contributed by atoms with E-state index in [1.54, 1.807) is 6.92 Å². The van der Waals surface area contributed by atoms with Crippen molar-refractivity contribution in [3.63, 3.8) is 0 Å². The Hall–Kier alpha value is -2.74. The zero-order valence-corrected chi connectivity index (χ0v) is 20.8. The average molecular weight is 482 g/mol. The van der Waals surface area contributed by atoms with E-state index in [1.165, 1.54) is 25.5 Å². The number of carbonyl (C=O) groups excluding carboxylic acids is 1. The molecule has 3 aromatic rings. The van der Waals surface area contributed by atoms with Gasteiger partial charge >= 0.3 is 0 Å². The second-order valence-electron chi connectivity index (χ2n) is 10.4. The molecular weight excluding hydrogens is 445 g/mol. The van der Waals surface area contributed by atoms with E-state index in [0.717, 1.165) is 57.2 Å². The van der Waals surface area contributed by atoms with E-state index in [4.69, 9.17) is 9.51 Å². The lowest BCUT2D eigenvalue weighted by molar-refractivity contribution is 0.0911. The highest BCUT2D eigenvalue weighted by Crippen LogP contribution is 2.36. The molecule has 2 fully saturated rings. The number of hydrogen-bond acceptors (Lipinski definition) is 5. The van der Waals surface area contributed by atoms with E-state index in [0.29, 0.717) is 28.1 Å². The molecule has 5 rings (SSSR count). The lowest BCUT2D eigenvalue weighted by atomic mass is 9.85. The zero-order valence-electron chi connectivity index (χ0n) is 20.8. The number of amides is 1. The van der Waals surface area contributed by atoms with Crippen molar-refractivity contribution in [2.45, 2.75) is 76.7 Å². The number of piperidine rings is 1. The highest BCUT2D eigenvalue weighted by molar-refractivity contribution is 5.95. The van der Waals surface area contributed by atoms with Crippen LogP contribution in [0, 0.1) is 18.7 Å². The molecule has 35 heavy (non-hydrogen) atoms. The Morgan fingerprint density at radius 1 is 1.14 bits per heavy atom. The van der Waals surface area contributed by atoms with E-state index < -0.39 is 0 Å². The standard InChI is InChI=1S/C27H36FN5O2/c1-17-21(16-35-32-17)27(34)31-24(19-8-6-4-3-5-7-9-19)26-29-22-11-10-20(23(28)25(22)30-26)18-12-14-33(2)15-13-18/h10-11,16,18-19,24H,3-9,12-15H2,1-2H3,(H,29,30)(H,31,34). The lowest BCUT2D eigenvalue weighted by Crippen LogP contribution is -2.35. The molecule has 8 heteroatoms. The summed E-state index contributed by atoms with van der Waals surface area (Å²) in [5.74, 6) is 0.623. The van der Waals surface area contributed by atoms with Crippen LogP contribution in [0.5, 0.6) is 0 Å². The summed E-state index contributed by atoms with van der Waals surface area (Å²) in [5.41, 5.74) is 2.79. The molecule has 0 radical (unpaired) electrons. The summed E-state index contributed by atoms with van der Waals surface area (Å²) < 4.78 is 20.7. The molecule has 1 saturated carbocycles. The number of nitrogens with zero attached hydrogens (tertiary/aromatic N) is 3. The van der Waals surface area contributed by atoms with Crippen molar-refractivity contribution >= 4 is 16.9 Å². The Bertz CT molecular complexity index is 1160. The molecule has 1 aliphatic carbocycles. The monoisotopic (exact) mass is 481 g/mol. The van der Waals surface area contributed by atoms with Gasteiger partial charge in [-0.15, -0.1) is 0 Å². The first kappa shape index (κ1) is 24.0. The second-order valence-corrected chi connectivity index (χ2v) is 10.4. The fourth-order valence-electron chi connectivity index (χ4n) is 5.82. The van der Waals surface area contributed by atoms with E-state index in [9.17, 15) is 4.79 Å². The van der Waals surface area contributed by atoms with Crippen LogP contribution in [-0.4, -0.2) is 46.1 Å². The third-order valence-electron chi connectivity index (χ3n) is 8.00. The third kappa shape index (κ3) is 5.13. The molecule has 2 N–H and O–H groups in total. The van der Waals surface area contributed by atoms with Gasteiger partial charge in [0.15, 0.2) is 5.82 Å². The van der Waals surface area contributed by atoms with Crippen molar-refractivity contribution in [2.24, 2.45) is 5.92 Å².